The van der Waals surface area contributed by atoms with Crippen molar-refractivity contribution in [1.29, 1.82) is 0 Å². The molecule has 1 fully saturated rings. The summed E-state index contributed by atoms with van der Waals surface area (Å²) in [6.07, 6.45) is 2.02. The monoisotopic (exact) mass is 332 g/mol. The van der Waals surface area contributed by atoms with Gasteiger partial charge in [0, 0.05) is 25.9 Å². The molecule has 4 N–H and O–H groups in total. The molecule has 0 atom stereocenters. The summed E-state index contributed by atoms with van der Waals surface area (Å²) in [6, 6.07) is 0. The van der Waals surface area contributed by atoms with Crippen molar-refractivity contribution in [2.75, 3.05) is 50.1 Å². The fourth-order valence-electron chi connectivity index (χ4n) is 2.42. The Labute approximate surface area is 128 Å². The van der Waals surface area contributed by atoms with E-state index >= 15 is 0 Å². The number of primary amides is 1. The zero-order valence-corrected chi connectivity index (χ0v) is 13.8. The summed E-state index contributed by atoms with van der Waals surface area (Å²) in [6.45, 7) is 3.20. The molecule has 21 heavy (non-hydrogen) atoms. The van der Waals surface area contributed by atoms with Gasteiger partial charge in [-0.1, -0.05) is 0 Å². The van der Waals surface area contributed by atoms with E-state index in [0.29, 0.717) is 11.5 Å². The summed E-state index contributed by atoms with van der Waals surface area (Å²) >= 11 is 1.07. The number of amides is 1. The number of hydrogen-bond donors (Lipinski definition) is 2. The van der Waals surface area contributed by atoms with Crippen molar-refractivity contribution >= 4 is 37.8 Å². The molecule has 0 saturated carbocycles. The Hall–Kier alpha value is -1.32. The van der Waals surface area contributed by atoms with Crippen LogP contribution in [0.4, 0.5) is 10.7 Å². The SMILES string of the molecule is CN1CCCN(c2sc(C(N)=O)c(N)c2S(C)(=O)=O)CC1. The van der Waals surface area contributed by atoms with E-state index in [9.17, 15) is 13.2 Å². The van der Waals surface area contributed by atoms with Crippen molar-refractivity contribution in [3.8, 4) is 0 Å². The standard InChI is InChI=1S/C12H20N4O3S2/c1-15-4-3-5-16(7-6-15)12-10(21(2,18)19)8(13)9(20-12)11(14)17/h3-7,13H2,1-2H3,(H2,14,17). The topological polar surface area (TPSA) is 110 Å². The molecular weight excluding hydrogens is 312 g/mol. The minimum absolute atomic E-state index is 0.0254. The van der Waals surface area contributed by atoms with Crippen molar-refractivity contribution in [3.05, 3.63) is 4.88 Å². The van der Waals surface area contributed by atoms with Gasteiger partial charge in [0.05, 0.1) is 5.69 Å². The molecule has 1 aromatic heterocycles. The van der Waals surface area contributed by atoms with Gasteiger partial charge in [-0.15, -0.1) is 11.3 Å². The minimum Gasteiger partial charge on any atom is -0.396 e. The molecule has 2 heterocycles. The van der Waals surface area contributed by atoms with Crippen molar-refractivity contribution in [2.45, 2.75) is 11.3 Å². The average Bonchev–Trinajstić information content (AvgIpc) is 2.56. The number of nitrogens with two attached hydrogens (primary N) is 2. The summed E-state index contributed by atoms with van der Waals surface area (Å²) in [5, 5.41) is 0.527. The molecule has 1 aromatic rings. The molecule has 118 valence electrons. The number of likely N-dealkylation sites (N-methyl/N-ethyl adjacent to an activating group) is 1. The molecule has 1 saturated heterocycles. The van der Waals surface area contributed by atoms with Gasteiger partial charge in [-0.2, -0.15) is 0 Å². The van der Waals surface area contributed by atoms with Gasteiger partial charge in [0.25, 0.3) is 5.91 Å². The van der Waals surface area contributed by atoms with Gasteiger partial charge in [0.1, 0.15) is 14.8 Å². The molecular formula is C12H20N4O3S2. The first-order valence-electron chi connectivity index (χ1n) is 6.57. The van der Waals surface area contributed by atoms with Gasteiger partial charge in [-0.3, -0.25) is 4.79 Å². The largest absolute Gasteiger partial charge is 0.396 e. The summed E-state index contributed by atoms with van der Waals surface area (Å²) in [5.41, 5.74) is 11.1. The van der Waals surface area contributed by atoms with Crippen LogP contribution in [0.2, 0.25) is 0 Å². The van der Waals surface area contributed by atoms with Crippen LogP contribution in [0.25, 0.3) is 0 Å². The van der Waals surface area contributed by atoms with Crippen molar-refractivity contribution < 1.29 is 13.2 Å². The number of sulfone groups is 1. The molecule has 0 unspecified atom stereocenters. The summed E-state index contributed by atoms with van der Waals surface area (Å²) in [5.74, 6) is -0.694. The summed E-state index contributed by atoms with van der Waals surface area (Å²) < 4.78 is 24.1. The molecule has 0 spiro atoms. The summed E-state index contributed by atoms with van der Waals surface area (Å²) in [7, 11) is -1.50. The van der Waals surface area contributed by atoms with Crippen LogP contribution in [0.15, 0.2) is 4.90 Å². The first kappa shape index (κ1) is 16.1. The van der Waals surface area contributed by atoms with E-state index in [1.54, 1.807) is 0 Å². The van der Waals surface area contributed by atoms with Gasteiger partial charge in [0.15, 0.2) is 9.84 Å². The van der Waals surface area contributed by atoms with Crippen LogP contribution in [-0.2, 0) is 9.84 Å². The molecule has 1 amide bonds. The number of carbonyl (C=O) groups is 1. The number of rotatable bonds is 3. The number of hydrogen-bond acceptors (Lipinski definition) is 7. The number of anilines is 2. The summed E-state index contributed by atoms with van der Waals surface area (Å²) in [4.78, 5) is 15.8. The fourth-order valence-corrected chi connectivity index (χ4v) is 5.03. The number of nitrogens with zero attached hydrogens (tertiary/aromatic N) is 2. The minimum atomic E-state index is -3.53. The third kappa shape index (κ3) is 3.30. The van der Waals surface area contributed by atoms with Gasteiger partial charge >= 0.3 is 0 Å². The number of thiophene rings is 1. The predicted octanol–water partition coefficient (Wildman–Crippen LogP) is -0.0254. The molecule has 1 aliphatic rings. The van der Waals surface area contributed by atoms with E-state index < -0.39 is 15.7 Å². The highest BCUT2D eigenvalue weighted by molar-refractivity contribution is 7.91. The van der Waals surface area contributed by atoms with Crippen LogP contribution >= 0.6 is 11.3 Å². The highest BCUT2D eigenvalue weighted by atomic mass is 32.2. The van der Waals surface area contributed by atoms with E-state index in [0.717, 1.165) is 43.6 Å². The van der Waals surface area contributed by atoms with E-state index in [4.69, 9.17) is 11.5 Å². The maximum atomic E-state index is 12.0. The molecule has 0 radical (unpaired) electrons. The smallest absolute Gasteiger partial charge is 0.261 e. The lowest BCUT2D eigenvalue weighted by Crippen LogP contribution is -2.29. The normalized spacial score (nSPS) is 17.7. The maximum absolute atomic E-state index is 12.0. The third-order valence-corrected chi connectivity index (χ3v) is 6.05. The van der Waals surface area contributed by atoms with Gasteiger partial charge in [-0.05, 0) is 20.0 Å². The fraction of sp³-hybridized carbons (Fsp3) is 0.583. The third-order valence-electron chi connectivity index (χ3n) is 3.48. The molecule has 0 aromatic carbocycles. The van der Waals surface area contributed by atoms with Gasteiger partial charge in [0.2, 0.25) is 0 Å². The van der Waals surface area contributed by atoms with E-state index in [1.807, 2.05) is 11.9 Å². The lowest BCUT2D eigenvalue weighted by molar-refractivity contribution is 0.100. The van der Waals surface area contributed by atoms with E-state index in [1.165, 1.54) is 0 Å². The van der Waals surface area contributed by atoms with Gasteiger partial charge < -0.3 is 21.3 Å². The Kier molecular flexibility index (Phi) is 4.45. The first-order chi connectivity index (χ1) is 9.71. The number of carbonyl (C=O) groups excluding carboxylic acids is 1. The molecule has 0 bridgehead atoms. The lowest BCUT2D eigenvalue weighted by atomic mass is 10.3. The Balaban J connectivity index is 2.52. The first-order valence-corrected chi connectivity index (χ1v) is 9.28. The molecule has 2 rings (SSSR count). The zero-order valence-electron chi connectivity index (χ0n) is 12.1. The molecule has 1 aliphatic heterocycles. The second-order valence-corrected chi connectivity index (χ2v) is 8.21. The van der Waals surface area contributed by atoms with Crippen LogP contribution in [-0.4, -0.2) is 58.7 Å². The Morgan fingerprint density at radius 1 is 1.24 bits per heavy atom. The highest BCUT2D eigenvalue weighted by Gasteiger charge is 2.29. The molecule has 0 aliphatic carbocycles. The number of nitrogen functional groups attached to an aromatic ring is 1. The predicted molar refractivity (Wildman–Crippen MR) is 84.7 cm³/mol. The quantitative estimate of drug-likeness (QED) is 0.805. The van der Waals surface area contributed by atoms with E-state index in [2.05, 4.69) is 4.90 Å². The molecule has 9 heteroatoms. The van der Waals surface area contributed by atoms with Crippen molar-refractivity contribution in [1.82, 2.24) is 4.90 Å². The highest BCUT2D eigenvalue weighted by Crippen LogP contribution is 2.41. The van der Waals surface area contributed by atoms with Crippen LogP contribution in [0, 0.1) is 0 Å². The Morgan fingerprint density at radius 3 is 2.48 bits per heavy atom. The zero-order chi connectivity index (χ0) is 15.8. The maximum Gasteiger partial charge on any atom is 0.261 e. The lowest BCUT2D eigenvalue weighted by Gasteiger charge is -2.22. The molecule has 7 nitrogen and oxygen atoms in total. The average molecular weight is 332 g/mol. The Bertz CT molecular complexity index is 654. The van der Waals surface area contributed by atoms with Crippen molar-refractivity contribution in [3.63, 3.8) is 0 Å². The second kappa shape index (κ2) is 5.82. The van der Waals surface area contributed by atoms with Crippen LogP contribution in [0.1, 0.15) is 16.1 Å². The van der Waals surface area contributed by atoms with Crippen LogP contribution < -0.4 is 16.4 Å². The Morgan fingerprint density at radius 2 is 1.90 bits per heavy atom. The second-order valence-electron chi connectivity index (χ2n) is 5.26. The van der Waals surface area contributed by atoms with Gasteiger partial charge in [-0.25, -0.2) is 8.42 Å². The van der Waals surface area contributed by atoms with Crippen LogP contribution in [0.3, 0.4) is 0 Å². The van der Waals surface area contributed by atoms with Crippen LogP contribution in [0.5, 0.6) is 0 Å². The van der Waals surface area contributed by atoms with E-state index in [-0.39, 0.29) is 15.5 Å². The van der Waals surface area contributed by atoms with Crippen molar-refractivity contribution in [2.24, 2.45) is 5.73 Å².